The maximum atomic E-state index is 11.9. The Kier molecular flexibility index (Phi) is 14.6. The number of hydrogen-bond donors (Lipinski definition) is 5. The molecular formula is C56H86O6Si. The molecule has 4 unspecified atom stereocenters. The molecule has 0 aromatic heterocycles. The standard InChI is InChI=1S/C36H52O3Si.C20H34O3/c1-26-17-18-31-33(38)32(20-23-35(26,31)5)36(6)22-19-28(37)25-27(36)21-24-39-40(34(2,3)4,29-13-9-7-10-14-29)30-15-11-8-12-16-30;1-13-4-5-16-18(23)17(7-10-19(13,16)2)20(3)9-6-15(22)12-14(20)8-11-21/h7-16,27-28,31-33,37-38H,1,17-25H2,2-6H3;14-18,21-23H,1,4-12H2,2-3H3/t27-,28-,31?,32?,33-,35+,36-;14-,15-,16?,17?,18-,19+,20-/m00/s1. The van der Waals surface area contributed by atoms with Crippen molar-refractivity contribution in [1.29, 1.82) is 0 Å². The molecule has 6 saturated carbocycles. The van der Waals surface area contributed by atoms with Gasteiger partial charge < -0.3 is 30.0 Å². The van der Waals surface area contributed by atoms with Gasteiger partial charge in [-0.25, -0.2) is 0 Å². The van der Waals surface area contributed by atoms with E-state index >= 15 is 0 Å². The van der Waals surface area contributed by atoms with Gasteiger partial charge in [0.05, 0.1) is 24.4 Å². The van der Waals surface area contributed by atoms with E-state index in [4.69, 9.17) is 4.43 Å². The van der Waals surface area contributed by atoms with Crippen LogP contribution < -0.4 is 10.4 Å². The van der Waals surface area contributed by atoms with Crippen LogP contribution in [0, 0.1) is 57.2 Å². The molecule has 0 spiro atoms. The van der Waals surface area contributed by atoms with Crippen LogP contribution in [-0.4, -0.2) is 71.5 Å². The predicted octanol–water partition coefficient (Wildman–Crippen LogP) is 10.1. The second-order valence-corrected chi connectivity index (χ2v) is 28.0. The van der Waals surface area contributed by atoms with Crippen molar-refractivity contribution < 1.29 is 30.0 Å². The van der Waals surface area contributed by atoms with Crippen molar-refractivity contribution in [3.05, 3.63) is 85.0 Å². The number of aliphatic hydroxyl groups excluding tert-OH is 5. The van der Waals surface area contributed by atoms with Gasteiger partial charge in [0, 0.05) is 13.2 Å². The van der Waals surface area contributed by atoms with Gasteiger partial charge in [-0.05, 0) is 175 Å². The van der Waals surface area contributed by atoms with Crippen molar-refractivity contribution in [2.45, 2.75) is 181 Å². The Labute approximate surface area is 383 Å². The van der Waals surface area contributed by atoms with Gasteiger partial charge in [0.15, 0.2) is 0 Å². The number of hydrogen-bond acceptors (Lipinski definition) is 6. The molecule has 7 heteroatoms. The minimum Gasteiger partial charge on any atom is -0.407 e. The van der Waals surface area contributed by atoms with E-state index in [0.29, 0.717) is 30.3 Å². The van der Waals surface area contributed by atoms with Gasteiger partial charge in [-0.15, -0.1) is 0 Å². The highest BCUT2D eigenvalue weighted by Gasteiger charge is 2.58. The smallest absolute Gasteiger partial charge is 0.261 e. The van der Waals surface area contributed by atoms with E-state index in [2.05, 4.69) is 122 Å². The molecule has 350 valence electrons. The molecule has 2 aromatic rings. The van der Waals surface area contributed by atoms with Gasteiger partial charge in [-0.3, -0.25) is 0 Å². The van der Waals surface area contributed by atoms with Crippen molar-refractivity contribution >= 4 is 18.7 Å². The zero-order chi connectivity index (χ0) is 45.6. The first-order valence-electron chi connectivity index (χ1n) is 25.2. The summed E-state index contributed by atoms with van der Waals surface area (Å²) in [6.07, 6.45) is 14.4. The van der Waals surface area contributed by atoms with Crippen LogP contribution in [0.5, 0.6) is 0 Å². The van der Waals surface area contributed by atoms with Gasteiger partial charge in [0.2, 0.25) is 0 Å². The van der Waals surface area contributed by atoms with Gasteiger partial charge in [0.1, 0.15) is 0 Å². The quantitative estimate of drug-likeness (QED) is 0.120. The molecule has 2 aromatic carbocycles. The lowest BCUT2D eigenvalue weighted by molar-refractivity contribution is -0.121. The van der Waals surface area contributed by atoms with Gasteiger partial charge in [-0.1, -0.05) is 133 Å². The number of rotatable bonds is 10. The molecular weight excluding hydrogens is 797 g/mol. The molecule has 0 aliphatic heterocycles. The largest absolute Gasteiger partial charge is 0.407 e. The van der Waals surface area contributed by atoms with Crippen LogP contribution in [0.1, 0.15) is 151 Å². The monoisotopic (exact) mass is 883 g/mol. The van der Waals surface area contributed by atoms with E-state index < -0.39 is 8.32 Å². The summed E-state index contributed by atoms with van der Waals surface area (Å²) in [4.78, 5) is 0. The number of fused-ring (bicyclic) bond motifs is 2. The van der Waals surface area contributed by atoms with Crippen LogP contribution in [-0.2, 0) is 4.43 Å². The third kappa shape index (κ3) is 8.82. The van der Waals surface area contributed by atoms with E-state index in [9.17, 15) is 25.5 Å². The van der Waals surface area contributed by atoms with Crippen LogP contribution in [0.2, 0.25) is 5.04 Å². The molecule has 6 fully saturated rings. The van der Waals surface area contributed by atoms with E-state index in [1.807, 2.05) is 0 Å². The average molecular weight is 883 g/mol. The Balaban J connectivity index is 0.000000219. The predicted molar refractivity (Wildman–Crippen MR) is 260 cm³/mol. The first-order chi connectivity index (χ1) is 29.8. The van der Waals surface area contributed by atoms with Crippen LogP contribution >= 0.6 is 0 Å². The summed E-state index contributed by atoms with van der Waals surface area (Å²) in [7, 11) is -2.61. The maximum Gasteiger partial charge on any atom is 0.261 e. The minimum absolute atomic E-state index is 0.00129. The van der Waals surface area contributed by atoms with Gasteiger partial charge in [-0.2, -0.15) is 0 Å². The minimum atomic E-state index is -2.61. The molecule has 5 N–H and O–H groups in total. The average Bonchev–Trinajstić information content (AvgIpc) is 3.73. The summed E-state index contributed by atoms with van der Waals surface area (Å²) >= 11 is 0. The Morgan fingerprint density at radius 3 is 1.40 bits per heavy atom. The van der Waals surface area contributed by atoms with Crippen LogP contribution in [0.25, 0.3) is 0 Å². The second kappa shape index (κ2) is 18.9. The summed E-state index contributed by atoms with van der Waals surface area (Å²) in [5.74, 6) is 1.84. The van der Waals surface area contributed by atoms with Crippen molar-refractivity contribution in [3.8, 4) is 0 Å². The zero-order valence-corrected chi connectivity index (χ0v) is 41.3. The maximum absolute atomic E-state index is 11.9. The summed E-state index contributed by atoms with van der Waals surface area (Å²) in [6.45, 7) is 25.9. The van der Waals surface area contributed by atoms with E-state index in [0.717, 1.165) is 103 Å². The lowest BCUT2D eigenvalue weighted by atomic mass is 9.51. The fourth-order valence-corrected chi connectivity index (χ4v) is 20.0. The molecule has 8 rings (SSSR count). The summed E-state index contributed by atoms with van der Waals surface area (Å²) in [5.41, 5.74) is 2.91. The Bertz CT molecular complexity index is 1820. The lowest BCUT2D eigenvalue weighted by Crippen LogP contribution is -2.66. The Morgan fingerprint density at radius 2 is 1.00 bits per heavy atom. The first kappa shape index (κ1) is 48.8. The highest BCUT2D eigenvalue weighted by atomic mass is 28.4. The lowest BCUT2D eigenvalue weighted by Gasteiger charge is -2.55. The summed E-state index contributed by atoms with van der Waals surface area (Å²) in [5, 5.41) is 56.0. The molecule has 6 aliphatic carbocycles. The SMILES string of the molecule is C=C1CCC2[C@H](O)C([C@@]3(C)CC[C@H](O)C[C@@H]3CCO)CC[C@]12C.C=C1CCC2[C@H](O)C([C@@]3(C)CC[C@H](O)C[C@@H]3CCO[Si](c3ccccc3)(c3ccccc3)C(C)(C)C)CC[C@]12C. The molecule has 0 bridgehead atoms. The molecule has 0 amide bonds. The number of benzene rings is 2. The van der Waals surface area contributed by atoms with E-state index in [-0.39, 0.29) is 69.6 Å². The molecule has 0 heterocycles. The highest BCUT2D eigenvalue weighted by molar-refractivity contribution is 6.99. The molecule has 6 nitrogen and oxygen atoms in total. The Hall–Kier alpha value is -2.10. The zero-order valence-electron chi connectivity index (χ0n) is 40.3. The molecule has 6 aliphatic rings. The molecule has 0 radical (unpaired) electrons. The topological polar surface area (TPSA) is 110 Å². The van der Waals surface area contributed by atoms with Crippen molar-refractivity contribution in [3.63, 3.8) is 0 Å². The fourth-order valence-electron chi connectivity index (χ4n) is 15.4. The first-order valence-corrected chi connectivity index (χ1v) is 27.1. The van der Waals surface area contributed by atoms with Gasteiger partial charge >= 0.3 is 0 Å². The van der Waals surface area contributed by atoms with Crippen LogP contribution in [0.4, 0.5) is 0 Å². The highest BCUT2D eigenvalue weighted by Crippen LogP contribution is 2.63. The third-order valence-electron chi connectivity index (χ3n) is 19.7. The Morgan fingerprint density at radius 1 is 0.587 bits per heavy atom. The molecule has 0 saturated heterocycles. The van der Waals surface area contributed by atoms with Crippen molar-refractivity contribution in [2.75, 3.05) is 13.2 Å². The fraction of sp³-hybridized carbons (Fsp3) is 0.714. The third-order valence-corrected chi connectivity index (χ3v) is 24.8. The normalized spacial score (nSPS) is 40.8. The number of allylic oxidation sites excluding steroid dienone is 2. The van der Waals surface area contributed by atoms with Crippen molar-refractivity contribution in [2.24, 2.45) is 57.2 Å². The van der Waals surface area contributed by atoms with E-state index in [1.165, 1.54) is 21.5 Å². The van der Waals surface area contributed by atoms with Crippen LogP contribution in [0.15, 0.2) is 85.0 Å². The van der Waals surface area contributed by atoms with E-state index in [1.54, 1.807) is 0 Å². The van der Waals surface area contributed by atoms with Crippen LogP contribution in [0.3, 0.4) is 0 Å². The van der Waals surface area contributed by atoms with Gasteiger partial charge in [0.25, 0.3) is 8.32 Å². The molecule has 14 atom stereocenters. The number of aliphatic hydroxyl groups is 5. The second-order valence-electron chi connectivity index (χ2n) is 23.7. The summed E-state index contributed by atoms with van der Waals surface area (Å²) in [6, 6.07) is 21.7. The van der Waals surface area contributed by atoms with Crippen molar-refractivity contribution in [1.82, 2.24) is 0 Å². The summed E-state index contributed by atoms with van der Waals surface area (Å²) < 4.78 is 7.29. The molecule has 63 heavy (non-hydrogen) atoms.